The van der Waals surface area contributed by atoms with Crippen LogP contribution in [0.15, 0.2) is 6.07 Å². The third-order valence-electron chi connectivity index (χ3n) is 8.57. The van der Waals surface area contributed by atoms with E-state index in [1.54, 1.807) is 0 Å². The van der Waals surface area contributed by atoms with Gasteiger partial charge < -0.3 is 14.4 Å². The smallest absolute Gasteiger partial charge is 0.446 e. The zero-order chi connectivity index (χ0) is 21.4. The summed E-state index contributed by atoms with van der Waals surface area (Å²) in [5.74, 6) is 0.260. The molecule has 1 aromatic carbocycles. The third kappa shape index (κ3) is 3.00. The number of aromatic hydroxyl groups is 1. The average Bonchev–Trinajstić information content (AvgIpc) is 2.90. The fourth-order valence-electron chi connectivity index (χ4n) is 7.61. The Morgan fingerprint density at radius 1 is 1.14 bits per heavy atom. The Labute approximate surface area is 173 Å². The molecule has 3 aliphatic rings. The predicted octanol–water partition coefficient (Wildman–Crippen LogP) is 4.12. The van der Waals surface area contributed by atoms with Gasteiger partial charge in [-0.2, -0.15) is 8.42 Å². The van der Waals surface area contributed by atoms with E-state index in [9.17, 15) is 23.2 Å². The molecule has 0 spiro atoms. The van der Waals surface area contributed by atoms with Crippen LogP contribution in [-0.2, 0) is 28.8 Å². The summed E-state index contributed by atoms with van der Waals surface area (Å²) < 4.78 is 37.0. The second kappa shape index (κ2) is 6.34. The van der Waals surface area contributed by atoms with Gasteiger partial charge in [0.25, 0.3) is 0 Å². The molecule has 2 saturated carbocycles. The lowest BCUT2D eigenvalue weighted by Crippen LogP contribution is -2.55. The van der Waals surface area contributed by atoms with Crippen molar-refractivity contribution >= 4 is 10.4 Å². The first-order chi connectivity index (χ1) is 13.3. The van der Waals surface area contributed by atoms with Crippen molar-refractivity contribution in [2.45, 2.75) is 78.2 Å². The molecule has 0 heterocycles. The Balaban J connectivity index is 1.90. The van der Waals surface area contributed by atoms with Crippen molar-refractivity contribution in [3.8, 4) is 11.5 Å². The first kappa shape index (κ1) is 20.9. The first-order valence-corrected chi connectivity index (χ1v) is 11.9. The van der Waals surface area contributed by atoms with Gasteiger partial charge in [-0.1, -0.05) is 34.1 Å². The number of hydrogen-bond acceptors (Lipinski definition) is 5. The van der Waals surface area contributed by atoms with Crippen molar-refractivity contribution in [1.82, 2.24) is 0 Å². The highest BCUT2D eigenvalue weighted by atomic mass is 32.3. The molecule has 6 nitrogen and oxygen atoms in total. The van der Waals surface area contributed by atoms with E-state index in [1.165, 1.54) is 12.5 Å². The van der Waals surface area contributed by atoms with Crippen LogP contribution in [0, 0.1) is 22.7 Å². The summed E-state index contributed by atoms with van der Waals surface area (Å²) in [5.41, 5.74) is 2.21. The van der Waals surface area contributed by atoms with Gasteiger partial charge in [0.05, 0.1) is 6.61 Å². The minimum atomic E-state index is -4.77. The Morgan fingerprint density at radius 3 is 2.45 bits per heavy atom. The second-order valence-electron chi connectivity index (χ2n) is 10.5. The molecule has 0 saturated heterocycles. The van der Waals surface area contributed by atoms with Crippen LogP contribution in [0.25, 0.3) is 0 Å². The molecular weight excluding hydrogens is 392 g/mol. The maximum atomic E-state index is 11.5. The molecule has 162 valence electrons. The molecule has 3 aliphatic carbocycles. The van der Waals surface area contributed by atoms with Crippen LogP contribution in [0.5, 0.6) is 11.5 Å². The lowest BCUT2D eigenvalue weighted by molar-refractivity contribution is -0.0984. The monoisotopic (exact) mass is 424 g/mol. The summed E-state index contributed by atoms with van der Waals surface area (Å²) in [6.07, 6.45) is 6.08. The van der Waals surface area contributed by atoms with E-state index in [0.717, 1.165) is 31.2 Å². The minimum Gasteiger partial charge on any atom is -0.504 e. The summed E-state index contributed by atoms with van der Waals surface area (Å²) in [6.45, 7) is 9.06. The van der Waals surface area contributed by atoms with Crippen molar-refractivity contribution in [2.24, 2.45) is 22.7 Å². The number of phenols is 1. The van der Waals surface area contributed by atoms with Crippen molar-refractivity contribution in [3.05, 3.63) is 22.8 Å². The van der Waals surface area contributed by atoms with Crippen LogP contribution in [-0.4, -0.2) is 23.2 Å². The lowest BCUT2D eigenvalue weighted by Gasteiger charge is -2.61. The molecule has 0 unspecified atom stereocenters. The molecule has 0 bridgehead atoms. The van der Waals surface area contributed by atoms with Gasteiger partial charge in [0.2, 0.25) is 0 Å². The molecule has 4 rings (SSSR count). The van der Waals surface area contributed by atoms with Crippen molar-refractivity contribution in [2.75, 3.05) is 0 Å². The topological polar surface area (TPSA) is 104 Å². The van der Waals surface area contributed by atoms with Gasteiger partial charge in [-0.15, -0.1) is 0 Å². The van der Waals surface area contributed by atoms with Crippen LogP contribution >= 0.6 is 0 Å². The Bertz CT molecular complexity index is 953. The molecule has 0 aliphatic heterocycles. The van der Waals surface area contributed by atoms with Crippen LogP contribution in [0.3, 0.4) is 0 Å². The first-order valence-electron chi connectivity index (χ1n) is 10.5. The van der Waals surface area contributed by atoms with E-state index in [2.05, 4.69) is 27.7 Å². The van der Waals surface area contributed by atoms with Gasteiger partial charge in [-0.25, -0.2) is 0 Å². The summed E-state index contributed by atoms with van der Waals surface area (Å²) >= 11 is 0. The average molecular weight is 425 g/mol. The summed E-state index contributed by atoms with van der Waals surface area (Å²) in [4.78, 5) is 0. The van der Waals surface area contributed by atoms with Gasteiger partial charge in [0.1, 0.15) is 0 Å². The maximum Gasteiger partial charge on any atom is 0.446 e. The maximum absolute atomic E-state index is 11.5. The van der Waals surface area contributed by atoms with Gasteiger partial charge in [0, 0.05) is 5.56 Å². The SMILES string of the molecule is CC1(C)CCC[C@]2(C)[C@H]3Cc4c(OS(=O)(=O)O)c(O)cc(CO)c4[C@@]3(C)CC[C@@H]12. The second-order valence-corrected chi connectivity index (χ2v) is 11.5. The van der Waals surface area contributed by atoms with Crippen molar-refractivity contribution in [3.63, 3.8) is 0 Å². The molecule has 2 fully saturated rings. The van der Waals surface area contributed by atoms with E-state index < -0.39 is 10.4 Å². The number of phenolic OH excluding ortho intramolecular Hbond substituents is 1. The number of benzene rings is 1. The fraction of sp³-hybridized carbons (Fsp3) is 0.727. The molecule has 0 amide bonds. The zero-order valence-electron chi connectivity index (χ0n) is 17.7. The molecule has 4 atom stereocenters. The van der Waals surface area contributed by atoms with Crippen LogP contribution < -0.4 is 4.18 Å². The largest absolute Gasteiger partial charge is 0.504 e. The van der Waals surface area contributed by atoms with E-state index in [0.29, 0.717) is 23.5 Å². The predicted molar refractivity (Wildman–Crippen MR) is 109 cm³/mol. The van der Waals surface area contributed by atoms with Crippen molar-refractivity contribution < 1.29 is 27.4 Å². The molecule has 0 radical (unpaired) electrons. The third-order valence-corrected chi connectivity index (χ3v) is 8.95. The lowest BCUT2D eigenvalue weighted by atomic mass is 9.43. The van der Waals surface area contributed by atoms with Crippen LogP contribution in [0.1, 0.15) is 76.5 Å². The highest BCUT2D eigenvalue weighted by molar-refractivity contribution is 7.81. The number of aliphatic hydroxyl groups excluding tert-OH is 1. The Morgan fingerprint density at radius 2 is 1.83 bits per heavy atom. The van der Waals surface area contributed by atoms with Gasteiger partial charge in [-0.05, 0) is 77.4 Å². The number of fused-ring (bicyclic) bond motifs is 5. The van der Waals surface area contributed by atoms with E-state index in [1.807, 2.05) is 0 Å². The highest BCUT2D eigenvalue weighted by Crippen LogP contribution is 2.68. The number of hydrogen-bond donors (Lipinski definition) is 3. The quantitative estimate of drug-likeness (QED) is 0.631. The Hall–Kier alpha value is -1.31. The van der Waals surface area contributed by atoms with E-state index >= 15 is 0 Å². The summed E-state index contributed by atoms with van der Waals surface area (Å²) in [6, 6.07) is 1.38. The standard InChI is InChI=1S/C22H32O6S/c1-20(2)7-5-8-21(3)16(20)6-9-22(4)17(21)11-14-18(22)13(12-23)10-15(24)19(14)28-29(25,26)27/h10,16-17,23-24H,5-9,11-12H2,1-4H3,(H,25,26,27)/t16-,17+,21-,22-/m0/s1. The van der Waals surface area contributed by atoms with Gasteiger partial charge >= 0.3 is 10.4 Å². The van der Waals surface area contributed by atoms with Gasteiger partial charge in [0.15, 0.2) is 11.5 Å². The van der Waals surface area contributed by atoms with Crippen molar-refractivity contribution in [1.29, 1.82) is 0 Å². The fourth-order valence-corrected chi connectivity index (χ4v) is 8.00. The molecule has 0 aromatic heterocycles. The highest BCUT2D eigenvalue weighted by Gasteiger charge is 2.62. The van der Waals surface area contributed by atoms with E-state index in [4.69, 9.17) is 4.18 Å². The molecular formula is C22H32O6S. The zero-order valence-corrected chi connectivity index (χ0v) is 18.5. The molecule has 3 N–H and O–H groups in total. The minimum absolute atomic E-state index is 0.0749. The molecule has 1 aromatic rings. The number of aliphatic hydroxyl groups is 1. The number of rotatable bonds is 3. The Kier molecular flexibility index (Phi) is 4.58. The summed E-state index contributed by atoms with van der Waals surface area (Å²) in [5, 5.41) is 20.5. The van der Waals surface area contributed by atoms with Crippen LogP contribution in [0.2, 0.25) is 0 Å². The normalized spacial score (nSPS) is 35.5. The summed E-state index contributed by atoms with van der Waals surface area (Å²) in [7, 11) is -4.77. The molecule has 7 heteroatoms. The van der Waals surface area contributed by atoms with Gasteiger partial charge in [-0.3, -0.25) is 4.55 Å². The van der Waals surface area contributed by atoms with Crippen LogP contribution in [0.4, 0.5) is 0 Å². The van der Waals surface area contributed by atoms with E-state index in [-0.39, 0.29) is 40.3 Å². The molecule has 29 heavy (non-hydrogen) atoms.